The lowest BCUT2D eigenvalue weighted by Gasteiger charge is -2.52. The SMILES string of the molecule is Cn1nccc1C(=O)N1CC2(C[C@@H](OCC3CC3)CCO2)C1. The first-order chi connectivity index (χ1) is 10.7. The predicted octanol–water partition coefficient (Wildman–Crippen LogP) is 1.22. The molecule has 1 saturated carbocycles. The summed E-state index contributed by atoms with van der Waals surface area (Å²) in [5, 5.41) is 4.06. The number of aryl methyl sites for hydroxylation is 1. The van der Waals surface area contributed by atoms with Crippen LogP contribution in [0.5, 0.6) is 0 Å². The van der Waals surface area contributed by atoms with Gasteiger partial charge in [0.25, 0.3) is 5.91 Å². The van der Waals surface area contributed by atoms with Gasteiger partial charge in [-0.3, -0.25) is 9.48 Å². The topological polar surface area (TPSA) is 56.6 Å². The number of rotatable bonds is 4. The Kier molecular flexibility index (Phi) is 3.46. The van der Waals surface area contributed by atoms with Gasteiger partial charge in [0.15, 0.2) is 0 Å². The highest BCUT2D eigenvalue weighted by Gasteiger charge is 2.50. The second kappa shape index (κ2) is 5.35. The largest absolute Gasteiger partial charge is 0.378 e. The third kappa shape index (κ3) is 2.65. The Hall–Kier alpha value is -1.40. The molecule has 3 heterocycles. The molecule has 4 rings (SSSR count). The zero-order valence-electron chi connectivity index (χ0n) is 13.0. The van der Waals surface area contributed by atoms with E-state index in [2.05, 4.69) is 5.10 Å². The number of hydrogen-bond acceptors (Lipinski definition) is 4. The standard InChI is InChI=1S/C16H23N3O3/c1-18-14(4-6-17-18)15(20)19-10-16(11-19)8-13(5-7-22-16)21-9-12-2-3-12/h4,6,12-13H,2-3,5,7-11H2,1H3/t13-/m0/s1. The van der Waals surface area contributed by atoms with Crippen LogP contribution in [0.25, 0.3) is 0 Å². The van der Waals surface area contributed by atoms with Gasteiger partial charge < -0.3 is 14.4 Å². The normalized spacial score (nSPS) is 27.0. The first kappa shape index (κ1) is 14.2. The van der Waals surface area contributed by atoms with Crippen molar-refractivity contribution in [2.75, 3.05) is 26.3 Å². The molecule has 3 fully saturated rings. The van der Waals surface area contributed by atoms with Crippen LogP contribution in [0.15, 0.2) is 12.3 Å². The Morgan fingerprint density at radius 3 is 2.95 bits per heavy atom. The highest BCUT2D eigenvalue weighted by Crippen LogP contribution is 2.37. The molecule has 3 aliphatic rings. The van der Waals surface area contributed by atoms with E-state index in [0.717, 1.165) is 32.0 Å². The van der Waals surface area contributed by atoms with Crippen molar-refractivity contribution in [1.29, 1.82) is 0 Å². The average Bonchev–Trinajstić information content (AvgIpc) is 3.22. The maximum atomic E-state index is 12.4. The molecular weight excluding hydrogens is 282 g/mol. The van der Waals surface area contributed by atoms with Crippen LogP contribution in [-0.2, 0) is 16.5 Å². The molecule has 6 heteroatoms. The number of aromatic nitrogens is 2. The van der Waals surface area contributed by atoms with Gasteiger partial charge in [-0.1, -0.05) is 0 Å². The molecule has 2 aliphatic heterocycles. The fourth-order valence-corrected chi connectivity index (χ4v) is 3.44. The van der Waals surface area contributed by atoms with Crippen molar-refractivity contribution in [2.45, 2.75) is 37.4 Å². The smallest absolute Gasteiger partial charge is 0.272 e. The number of hydrogen-bond donors (Lipinski definition) is 0. The summed E-state index contributed by atoms with van der Waals surface area (Å²) in [5.41, 5.74) is 0.452. The highest BCUT2D eigenvalue weighted by molar-refractivity contribution is 5.93. The van der Waals surface area contributed by atoms with Gasteiger partial charge in [-0.15, -0.1) is 0 Å². The van der Waals surface area contributed by atoms with Crippen LogP contribution in [0.1, 0.15) is 36.2 Å². The van der Waals surface area contributed by atoms with E-state index in [-0.39, 0.29) is 11.5 Å². The van der Waals surface area contributed by atoms with E-state index in [1.54, 1.807) is 24.0 Å². The third-order valence-electron chi connectivity index (χ3n) is 5.00. The maximum Gasteiger partial charge on any atom is 0.272 e. The lowest BCUT2D eigenvalue weighted by atomic mass is 9.84. The number of amides is 1. The summed E-state index contributed by atoms with van der Waals surface area (Å²) < 4.78 is 13.6. The molecule has 1 atom stereocenters. The fraction of sp³-hybridized carbons (Fsp3) is 0.750. The van der Waals surface area contributed by atoms with E-state index in [1.165, 1.54) is 12.8 Å². The zero-order valence-corrected chi connectivity index (χ0v) is 13.0. The van der Waals surface area contributed by atoms with Crippen LogP contribution in [0, 0.1) is 5.92 Å². The molecule has 1 spiro atoms. The second-order valence-corrected chi connectivity index (χ2v) is 6.92. The number of carbonyl (C=O) groups excluding carboxylic acids is 1. The van der Waals surface area contributed by atoms with E-state index < -0.39 is 0 Å². The molecule has 0 bridgehead atoms. The monoisotopic (exact) mass is 305 g/mol. The average molecular weight is 305 g/mol. The Morgan fingerprint density at radius 1 is 1.45 bits per heavy atom. The molecule has 0 unspecified atom stereocenters. The van der Waals surface area contributed by atoms with Crippen LogP contribution in [0.3, 0.4) is 0 Å². The summed E-state index contributed by atoms with van der Waals surface area (Å²) in [6, 6.07) is 1.76. The summed E-state index contributed by atoms with van der Waals surface area (Å²) in [6.07, 6.45) is 6.48. The van der Waals surface area contributed by atoms with Crippen molar-refractivity contribution >= 4 is 5.91 Å². The van der Waals surface area contributed by atoms with Crippen molar-refractivity contribution in [2.24, 2.45) is 13.0 Å². The molecule has 1 aromatic rings. The fourth-order valence-electron chi connectivity index (χ4n) is 3.44. The summed E-state index contributed by atoms with van der Waals surface area (Å²) >= 11 is 0. The van der Waals surface area contributed by atoms with Crippen molar-refractivity contribution in [1.82, 2.24) is 14.7 Å². The van der Waals surface area contributed by atoms with Crippen molar-refractivity contribution < 1.29 is 14.3 Å². The van der Waals surface area contributed by atoms with Gasteiger partial charge in [-0.2, -0.15) is 5.10 Å². The maximum absolute atomic E-state index is 12.4. The van der Waals surface area contributed by atoms with Crippen molar-refractivity contribution in [3.05, 3.63) is 18.0 Å². The van der Waals surface area contributed by atoms with E-state index in [1.807, 2.05) is 4.90 Å². The van der Waals surface area contributed by atoms with Crippen molar-refractivity contribution in [3.63, 3.8) is 0 Å². The van der Waals surface area contributed by atoms with Gasteiger partial charge in [0, 0.05) is 32.9 Å². The summed E-state index contributed by atoms with van der Waals surface area (Å²) in [4.78, 5) is 14.3. The first-order valence-corrected chi connectivity index (χ1v) is 8.18. The van der Waals surface area contributed by atoms with E-state index >= 15 is 0 Å². The van der Waals surface area contributed by atoms with Gasteiger partial charge in [0.05, 0.1) is 19.2 Å². The Bertz CT molecular complexity index is 561. The van der Waals surface area contributed by atoms with Crippen LogP contribution in [-0.4, -0.2) is 58.6 Å². The third-order valence-corrected chi connectivity index (χ3v) is 5.00. The molecule has 120 valence electrons. The molecule has 2 saturated heterocycles. The first-order valence-electron chi connectivity index (χ1n) is 8.18. The minimum absolute atomic E-state index is 0.0373. The number of ether oxygens (including phenoxy) is 2. The van der Waals surface area contributed by atoms with Gasteiger partial charge in [0.2, 0.25) is 0 Å². The van der Waals surface area contributed by atoms with Gasteiger partial charge in [0.1, 0.15) is 11.3 Å². The second-order valence-electron chi connectivity index (χ2n) is 6.92. The van der Waals surface area contributed by atoms with Gasteiger partial charge >= 0.3 is 0 Å². The minimum Gasteiger partial charge on any atom is -0.378 e. The summed E-state index contributed by atoms with van der Waals surface area (Å²) in [7, 11) is 1.79. The predicted molar refractivity (Wildman–Crippen MR) is 79.5 cm³/mol. The zero-order chi connectivity index (χ0) is 15.2. The summed E-state index contributed by atoms with van der Waals surface area (Å²) in [6.45, 7) is 2.97. The molecule has 6 nitrogen and oxygen atoms in total. The lowest BCUT2D eigenvalue weighted by Crippen LogP contribution is -2.67. The number of nitrogens with zero attached hydrogens (tertiary/aromatic N) is 3. The van der Waals surface area contributed by atoms with Gasteiger partial charge in [-0.25, -0.2) is 0 Å². The Morgan fingerprint density at radius 2 is 2.27 bits per heavy atom. The number of likely N-dealkylation sites (tertiary alicyclic amines) is 1. The van der Waals surface area contributed by atoms with Crippen molar-refractivity contribution in [3.8, 4) is 0 Å². The molecule has 0 radical (unpaired) electrons. The molecule has 1 aliphatic carbocycles. The van der Waals surface area contributed by atoms with Crippen LogP contribution < -0.4 is 0 Å². The molecule has 0 N–H and O–H groups in total. The van der Waals surface area contributed by atoms with Crippen LogP contribution >= 0.6 is 0 Å². The minimum atomic E-state index is -0.180. The Balaban J connectivity index is 1.32. The van der Waals surface area contributed by atoms with Crippen LogP contribution in [0.2, 0.25) is 0 Å². The highest BCUT2D eigenvalue weighted by atomic mass is 16.5. The lowest BCUT2D eigenvalue weighted by molar-refractivity contribution is -0.186. The van der Waals surface area contributed by atoms with E-state index in [4.69, 9.17) is 9.47 Å². The number of carbonyl (C=O) groups is 1. The van der Waals surface area contributed by atoms with Gasteiger partial charge in [-0.05, 0) is 31.2 Å². The van der Waals surface area contributed by atoms with E-state index in [9.17, 15) is 4.79 Å². The van der Waals surface area contributed by atoms with E-state index in [0.29, 0.717) is 24.9 Å². The van der Waals surface area contributed by atoms with Crippen LogP contribution in [0.4, 0.5) is 0 Å². The molecule has 1 aromatic heterocycles. The molecule has 22 heavy (non-hydrogen) atoms. The quantitative estimate of drug-likeness (QED) is 0.839. The Labute approximate surface area is 130 Å². The molecule has 0 aromatic carbocycles. The molecule has 1 amide bonds. The summed E-state index contributed by atoms with van der Waals surface area (Å²) in [5.74, 6) is 0.832. The molecular formula is C16H23N3O3.